The molecule has 0 spiro atoms. The van der Waals surface area contributed by atoms with Gasteiger partial charge in [-0.3, -0.25) is 0 Å². The second kappa shape index (κ2) is 3.43. The number of hydrogen-bond acceptors (Lipinski definition) is 2. The molecule has 3 rings (SSSR count). The Kier molecular flexibility index (Phi) is 2.34. The summed E-state index contributed by atoms with van der Waals surface area (Å²) in [7, 11) is 0. The fraction of sp³-hybridized carbons (Fsp3) is 0.933. The maximum atomic E-state index is 12.0. The van der Waals surface area contributed by atoms with Crippen molar-refractivity contribution in [2.75, 3.05) is 13.1 Å². The molecular formula is C15H25NO2. The number of hydrogen-bond donors (Lipinski definition) is 0. The summed E-state index contributed by atoms with van der Waals surface area (Å²) < 4.78 is 5.43. The standard InChI is InChI=1S/C15H25NO2/c1-13(2,3)18-12(17)16-7-5-11(6-8-16)15-9-14(15,4)10-15/h11H,5-10H2,1-4H3. The van der Waals surface area contributed by atoms with Crippen molar-refractivity contribution in [1.82, 2.24) is 4.90 Å². The maximum absolute atomic E-state index is 12.0. The predicted octanol–water partition coefficient (Wildman–Crippen LogP) is 3.43. The lowest BCUT2D eigenvalue weighted by molar-refractivity contribution is 0.0164. The molecule has 3 nitrogen and oxygen atoms in total. The zero-order valence-electron chi connectivity index (χ0n) is 12.1. The predicted molar refractivity (Wildman–Crippen MR) is 70.3 cm³/mol. The molecule has 0 N–H and O–H groups in total. The van der Waals surface area contributed by atoms with Crippen molar-refractivity contribution in [2.24, 2.45) is 16.7 Å². The molecule has 0 aromatic carbocycles. The number of rotatable bonds is 1. The van der Waals surface area contributed by atoms with Crippen LogP contribution in [0.15, 0.2) is 0 Å². The van der Waals surface area contributed by atoms with E-state index in [-0.39, 0.29) is 11.7 Å². The van der Waals surface area contributed by atoms with Crippen molar-refractivity contribution >= 4 is 6.09 Å². The van der Waals surface area contributed by atoms with Gasteiger partial charge in [-0.2, -0.15) is 0 Å². The van der Waals surface area contributed by atoms with Crippen LogP contribution >= 0.6 is 0 Å². The normalized spacial score (nSPS) is 39.2. The van der Waals surface area contributed by atoms with Crippen LogP contribution in [-0.2, 0) is 4.74 Å². The molecule has 2 aliphatic carbocycles. The number of carbonyl (C=O) groups is 1. The van der Waals surface area contributed by atoms with E-state index in [2.05, 4.69) is 6.92 Å². The molecule has 18 heavy (non-hydrogen) atoms. The number of piperidine rings is 1. The van der Waals surface area contributed by atoms with Crippen LogP contribution in [0.25, 0.3) is 0 Å². The summed E-state index contributed by atoms with van der Waals surface area (Å²) in [5.74, 6) is 0.862. The van der Waals surface area contributed by atoms with Gasteiger partial charge in [-0.25, -0.2) is 4.79 Å². The minimum Gasteiger partial charge on any atom is -0.444 e. The summed E-state index contributed by atoms with van der Waals surface area (Å²) in [5, 5.41) is 0. The van der Waals surface area contributed by atoms with Crippen molar-refractivity contribution in [3.63, 3.8) is 0 Å². The molecule has 0 bridgehead atoms. The molecule has 0 unspecified atom stereocenters. The highest BCUT2D eigenvalue weighted by molar-refractivity contribution is 5.68. The van der Waals surface area contributed by atoms with Crippen molar-refractivity contribution < 1.29 is 9.53 Å². The molecule has 0 radical (unpaired) electrons. The van der Waals surface area contributed by atoms with E-state index in [0.717, 1.165) is 19.0 Å². The Morgan fingerprint density at radius 1 is 1.22 bits per heavy atom. The average Bonchev–Trinajstić information content (AvgIpc) is 3.01. The van der Waals surface area contributed by atoms with E-state index in [0.29, 0.717) is 10.8 Å². The molecule has 3 fully saturated rings. The summed E-state index contributed by atoms with van der Waals surface area (Å²) >= 11 is 0. The van der Waals surface area contributed by atoms with Gasteiger partial charge in [0.05, 0.1) is 0 Å². The van der Waals surface area contributed by atoms with Crippen molar-refractivity contribution in [1.29, 1.82) is 0 Å². The number of nitrogens with zero attached hydrogens (tertiary/aromatic N) is 1. The highest BCUT2D eigenvalue weighted by Crippen LogP contribution is 2.89. The Morgan fingerprint density at radius 3 is 2.11 bits per heavy atom. The summed E-state index contributed by atoms with van der Waals surface area (Å²) in [4.78, 5) is 13.9. The summed E-state index contributed by atoms with van der Waals surface area (Å²) in [6.07, 6.45) is 5.10. The Labute approximate surface area is 110 Å². The van der Waals surface area contributed by atoms with Crippen LogP contribution in [-0.4, -0.2) is 29.7 Å². The highest BCUT2D eigenvalue weighted by atomic mass is 16.6. The van der Waals surface area contributed by atoms with Crippen LogP contribution in [0, 0.1) is 16.7 Å². The van der Waals surface area contributed by atoms with Crippen molar-refractivity contribution in [3.05, 3.63) is 0 Å². The first-order chi connectivity index (χ1) is 8.26. The van der Waals surface area contributed by atoms with Gasteiger partial charge >= 0.3 is 6.09 Å². The molecule has 3 heteroatoms. The number of amides is 1. The minimum atomic E-state index is -0.377. The first kappa shape index (κ1) is 12.3. The van der Waals surface area contributed by atoms with Gasteiger partial charge in [0.25, 0.3) is 0 Å². The van der Waals surface area contributed by atoms with E-state index >= 15 is 0 Å². The molecule has 102 valence electrons. The van der Waals surface area contributed by atoms with Gasteiger partial charge in [-0.1, -0.05) is 6.92 Å². The molecule has 3 aliphatic rings. The molecule has 1 heterocycles. The maximum Gasteiger partial charge on any atom is 0.410 e. The Morgan fingerprint density at radius 2 is 1.72 bits per heavy atom. The molecule has 1 saturated heterocycles. The summed E-state index contributed by atoms with van der Waals surface area (Å²) in [6.45, 7) is 9.98. The average molecular weight is 251 g/mol. The third-order valence-electron chi connectivity index (χ3n) is 5.29. The van der Waals surface area contributed by atoms with Gasteiger partial charge in [0.1, 0.15) is 5.60 Å². The lowest BCUT2D eigenvalue weighted by Crippen LogP contribution is -2.42. The summed E-state index contributed by atoms with van der Waals surface area (Å²) in [6, 6.07) is 0. The fourth-order valence-electron chi connectivity index (χ4n) is 3.97. The van der Waals surface area contributed by atoms with Crippen LogP contribution in [0.1, 0.15) is 53.4 Å². The van der Waals surface area contributed by atoms with Gasteiger partial charge in [0.2, 0.25) is 0 Å². The van der Waals surface area contributed by atoms with Gasteiger partial charge in [0, 0.05) is 13.1 Å². The molecule has 0 aromatic heterocycles. The Balaban J connectivity index is 1.50. The van der Waals surface area contributed by atoms with Gasteiger partial charge in [-0.15, -0.1) is 0 Å². The number of carbonyl (C=O) groups excluding carboxylic acids is 1. The number of likely N-dealkylation sites (tertiary alicyclic amines) is 1. The topological polar surface area (TPSA) is 29.5 Å². The second-order valence-corrected chi connectivity index (χ2v) is 7.81. The van der Waals surface area contributed by atoms with Gasteiger partial charge in [0.15, 0.2) is 0 Å². The van der Waals surface area contributed by atoms with E-state index < -0.39 is 0 Å². The number of ether oxygens (including phenoxy) is 1. The lowest BCUT2D eigenvalue weighted by Gasteiger charge is -2.34. The van der Waals surface area contributed by atoms with Crippen LogP contribution < -0.4 is 0 Å². The van der Waals surface area contributed by atoms with E-state index in [1.807, 2.05) is 25.7 Å². The fourth-order valence-corrected chi connectivity index (χ4v) is 3.97. The molecule has 2 saturated carbocycles. The summed E-state index contributed by atoms with van der Waals surface area (Å²) in [5.41, 5.74) is 1.02. The largest absolute Gasteiger partial charge is 0.444 e. The molecule has 0 atom stereocenters. The SMILES string of the molecule is CC(C)(C)OC(=O)N1CCC(C23CC2(C)C3)CC1. The Bertz CT molecular complexity index is 368. The van der Waals surface area contributed by atoms with Gasteiger partial charge in [-0.05, 0) is 63.2 Å². The van der Waals surface area contributed by atoms with E-state index in [1.54, 1.807) is 0 Å². The van der Waals surface area contributed by atoms with Crippen LogP contribution in [0.3, 0.4) is 0 Å². The lowest BCUT2D eigenvalue weighted by atomic mass is 9.87. The van der Waals surface area contributed by atoms with Crippen LogP contribution in [0.4, 0.5) is 4.79 Å². The molecule has 1 aliphatic heterocycles. The van der Waals surface area contributed by atoms with E-state index in [1.165, 1.54) is 25.7 Å². The van der Waals surface area contributed by atoms with E-state index in [9.17, 15) is 4.79 Å². The Hall–Kier alpha value is -0.730. The van der Waals surface area contributed by atoms with Crippen molar-refractivity contribution in [2.45, 2.75) is 59.0 Å². The zero-order valence-corrected chi connectivity index (χ0v) is 12.1. The second-order valence-electron chi connectivity index (χ2n) is 7.81. The van der Waals surface area contributed by atoms with E-state index in [4.69, 9.17) is 4.74 Å². The van der Waals surface area contributed by atoms with Crippen LogP contribution in [0.2, 0.25) is 0 Å². The highest BCUT2D eigenvalue weighted by Gasteiger charge is 2.81. The quantitative estimate of drug-likeness (QED) is 0.714. The van der Waals surface area contributed by atoms with Crippen molar-refractivity contribution in [3.8, 4) is 0 Å². The molecular weight excluding hydrogens is 226 g/mol. The first-order valence-corrected chi connectivity index (χ1v) is 7.24. The third-order valence-corrected chi connectivity index (χ3v) is 5.29. The number of fused-ring (bicyclic) bond motifs is 1. The monoisotopic (exact) mass is 251 g/mol. The van der Waals surface area contributed by atoms with Gasteiger partial charge < -0.3 is 9.64 Å². The minimum absolute atomic E-state index is 0.132. The van der Waals surface area contributed by atoms with Crippen LogP contribution in [0.5, 0.6) is 0 Å². The smallest absolute Gasteiger partial charge is 0.410 e. The zero-order chi connectivity index (χ0) is 13.2. The molecule has 0 aromatic rings. The third kappa shape index (κ3) is 1.83. The first-order valence-electron chi connectivity index (χ1n) is 7.24. The molecule has 1 amide bonds.